The summed E-state index contributed by atoms with van der Waals surface area (Å²) in [6.45, 7) is 1.85. The van der Waals surface area contributed by atoms with Gasteiger partial charge in [0.25, 0.3) is 17.7 Å². The van der Waals surface area contributed by atoms with Crippen molar-refractivity contribution in [3.8, 4) is 0 Å². The van der Waals surface area contributed by atoms with Gasteiger partial charge in [-0.25, -0.2) is 4.79 Å². The van der Waals surface area contributed by atoms with Gasteiger partial charge in [-0.2, -0.15) is 0 Å². The van der Waals surface area contributed by atoms with E-state index in [1.807, 2.05) is 54.0 Å². The fraction of sp³-hybridized carbons (Fsp3) is 0.0556. The Morgan fingerprint density at radius 3 is 2.33 bits per heavy atom. The second-order valence-corrected chi connectivity index (χ2v) is 7.31. The molecule has 0 aliphatic carbocycles. The Balaban J connectivity index is 1.84. The Kier molecular flexibility index (Phi) is 5.33. The van der Waals surface area contributed by atoms with Crippen molar-refractivity contribution >= 4 is 58.1 Å². The molecule has 0 spiro atoms. The first-order valence-electron chi connectivity index (χ1n) is 7.74. The molecule has 1 aromatic carbocycles. The Hall–Kier alpha value is -3.04. The highest BCUT2D eigenvalue weighted by Crippen LogP contribution is 2.32. The van der Waals surface area contributed by atoms with E-state index in [1.54, 1.807) is 6.08 Å². The van der Waals surface area contributed by atoms with Crippen LogP contribution in [0.15, 0.2) is 58.7 Å². The van der Waals surface area contributed by atoms with E-state index in [1.165, 1.54) is 0 Å². The van der Waals surface area contributed by atoms with Crippen LogP contribution >= 0.6 is 24.0 Å². The van der Waals surface area contributed by atoms with Gasteiger partial charge in [0.05, 0.1) is 4.91 Å². The molecule has 2 aliphatic rings. The van der Waals surface area contributed by atoms with Crippen LogP contribution in [-0.4, -0.2) is 33.0 Å². The summed E-state index contributed by atoms with van der Waals surface area (Å²) in [5, 5.41) is 3.89. The second-order valence-electron chi connectivity index (χ2n) is 5.63. The van der Waals surface area contributed by atoms with Crippen LogP contribution in [0.2, 0.25) is 0 Å². The molecule has 0 aromatic heterocycles. The van der Waals surface area contributed by atoms with Gasteiger partial charge >= 0.3 is 6.03 Å². The molecule has 7 nitrogen and oxygen atoms in total. The van der Waals surface area contributed by atoms with Gasteiger partial charge in [0.1, 0.15) is 5.57 Å². The fourth-order valence-corrected chi connectivity index (χ4v) is 3.63. The van der Waals surface area contributed by atoms with Crippen molar-refractivity contribution in [2.45, 2.75) is 6.92 Å². The van der Waals surface area contributed by atoms with Gasteiger partial charge < -0.3 is 0 Å². The Labute approximate surface area is 164 Å². The third-order valence-corrected chi connectivity index (χ3v) is 4.91. The van der Waals surface area contributed by atoms with Crippen LogP contribution in [0, 0.1) is 0 Å². The summed E-state index contributed by atoms with van der Waals surface area (Å²) in [6.07, 6.45) is 4.65. The van der Waals surface area contributed by atoms with Crippen molar-refractivity contribution in [1.82, 2.24) is 15.5 Å². The van der Waals surface area contributed by atoms with Crippen molar-refractivity contribution in [2.24, 2.45) is 0 Å². The monoisotopic (exact) mass is 399 g/mol. The number of thioether (sulfide) groups is 1. The number of thiocarbonyl (C=S) groups is 1. The number of nitrogens with one attached hydrogen (secondary N) is 2. The number of carbonyl (C=O) groups excluding carboxylic acids is 4. The quantitative estimate of drug-likeness (QED) is 0.459. The van der Waals surface area contributed by atoms with E-state index in [9.17, 15) is 19.2 Å². The van der Waals surface area contributed by atoms with Gasteiger partial charge in [-0.1, -0.05) is 60.4 Å². The maximum absolute atomic E-state index is 12.6. The van der Waals surface area contributed by atoms with Crippen molar-refractivity contribution < 1.29 is 19.2 Å². The summed E-state index contributed by atoms with van der Waals surface area (Å²) in [5.41, 5.74) is 1.46. The summed E-state index contributed by atoms with van der Waals surface area (Å²) in [5.74, 6) is -2.22. The maximum Gasteiger partial charge on any atom is 0.328 e. The predicted molar refractivity (Wildman–Crippen MR) is 105 cm³/mol. The Morgan fingerprint density at radius 2 is 1.70 bits per heavy atom. The molecule has 0 radical (unpaired) electrons. The molecule has 2 aliphatic heterocycles. The molecule has 0 saturated carbocycles. The first-order chi connectivity index (χ1) is 12.8. The third kappa shape index (κ3) is 4.21. The van der Waals surface area contributed by atoms with Gasteiger partial charge in [-0.3, -0.25) is 29.9 Å². The second kappa shape index (κ2) is 7.68. The topological polar surface area (TPSA) is 95.6 Å². The van der Waals surface area contributed by atoms with Crippen LogP contribution in [0.1, 0.15) is 12.5 Å². The number of imide groups is 2. The van der Waals surface area contributed by atoms with Crippen LogP contribution in [-0.2, 0) is 14.4 Å². The number of amides is 5. The first kappa shape index (κ1) is 18.7. The molecule has 136 valence electrons. The normalized spacial score (nSPS) is 19.5. The molecule has 2 fully saturated rings. The minimum absolute atomic E-state index is 0.184. The lowest BCUT2D eigenvalue weighted by molar-refractivity contribution is -0.124. The van der Waals surface area contributed by atoms with Crippen molar-refractivity contribution in [1.29, 1.82) is 0 Å². The molecule has 0 bridgehead atoms. The molecular weight excluding hydrogens is 386 g/mol. The highest BCUT2D eigenvalue weighted by molar-refractivity contribution is 8.26. The number of hydrogen-bond donors (Lipinski definition) is 2. The van der Waals surface area contributed by atoms with E-state index >= 15 is 0 Å². The smallest absolute Gasteiger partial charge is 0.273 e. The highest BCUT2D eigenvalue weighted by atomic mass is 32.2. The zero-order valence-corrected chi connectivity index (χ0v) is 15.6. The molecule has 0 atom stereocenters. The van der Waals surface area contributed by atoms with Crippen LogP contribution in [0.3, 0.4) is 0 Å². The first-order valence-corrected chi connectivity index (χ1v) is 8.96. The summed E-state index contributed by atoms with van der Waals surface area (Å²) < 4.78 is 0.184. The summed E-state index contributed by atoms with van der Waals surface area (Å²) >= 11 is 6.24. The molecule has 5 amide bonds. The van der Waals surface area contributed by atoms with Crippen LogP contribution < -0.4 is 10.6 Å². The van der Waals surface area contributed by atoms with E-state index < -0.39 is 23.8 Å². The number of rotatable bonds is 3. The number of barbiturate groups is 1. The number of nitrogens with zero attached hydrogens (tertiary/aromatic N) is 1. The number of allylic oxidation sites excluding steroid dienone is 2. The lowest BCUT2D eigenvalue weighted by Crippen LogP contribution is -2.52. The summed E-state index contributed by atoms with van der Waals surface area (Å²) in [6, 6.07) is 8.71. The van der Waals surface area contributed by atoms with Crippen LogP contribution in [0.4, 0.5) is 4.79 Å². The van der Waals surface area contributed by atoms with Crippen molar-refractivity contribution in [3.63, 3.8) is 0 Å². The standard InChI is InChI=1S/C18H13N3O4S2/c1-10(7-11-5-3-2-4-6-11)8-13-16(24)21(18(26)27-13)9-12-14(22)19-17(25)20-15(12)23/h2-9H,1H3,(H2,19,20,22,23,25)/b10-7+,13-8-. The lowest BCUT2D eigenvalue weighted by atomic mass is 10.1. The van der Waals surface area contributed by atoms with Crippen molar-refractivity contribution in [3.05, 3.63) is 64.2 Å². The van der Waals surface area contributed by atoms with E-state index in [4.69, 9.17) is 12.2 Å². The van der Waals surface area contributed by atoms with Gasteiger partial charge in [0.2, 0.25) is 0 Å². The predicted octanol–water partition coefficient (Wildman–Crippen LogP) is 2.08. The summed E-state index contributed by atoms with van der Waals surface area (Å²) in [4.78, 5) is 48.7. The molecule has 0 unspecified atom stereocenters. The fourth-order valence-electron chi connectivity index (χ4n) is 2.37. The highest BCUT2D eigenvalue weighted by Gasteiger charge is 2.35. The molecule has 3 rings (SSSR count). The minimum atomic E-state index is -0.908. The van der Waals surface area contributed by atoms with Gasteiger partial charge in [0, 0.05) is 6.20 Å². The largest absolute Gasteiger partial charge is 0.328 e. The van der Waals surface area contributed by atoms with Crippen LogP contribution in [0.5, 0.6) is 0 Å². The molecule has 9 heteroatoms. The van der Waals surface area contributed by atoms with Gasteiger partial charge in [0.15, 0.2) is 4.32 Å². The molecule has 2 heterocycles. The third-order valence-electron chi connectivity index (χ3n) is 3.58. The lowest BCUT2D eigenvalue weighted by Gasteiger charge is -2.16. The Morgan fingerprint density at radius 1 is 1.07 bits per heavy atom. The summed E-state index contributed by atoms with van der Waals surface area (Å²) in [7, 11) is 0. The van der Waals surface area contributed by atoms with E-state index in [0.29, 0.717) is 4.91 Å². The van der Waals surface area contributed by atoms with Crippen LogP contribution in [0.25, 0.3) is 6.08 Å². The van der Waals surface area contributed by atoms with E-state index in [2.05, 4.69) is 0 Å². The average molecular weight is 399 g/mol. The SMILES string of the molecule is CC(/C=C1\SC(=S)N(C=C2C(=O)NC(=O)NC2=O)C1=O)=C\c1ccccc1. The number of benzene rings is 1. The zero-order chi connectivity index (χ0) is 19.6. The number of hydrogen-bond acceptors (Lipinski definition) is 6. The molecule has 2 N–H and O–H groups in total. The number of carbonyl (C=O) groups is 4. The van der Waals surface area contributed by atoms with Crippen molar-refractivity contribution in [2.75, 3.05) is 0 Å². The average Bonchev–Trinajstić information content (AvgIpc) is 2.85. The Bertz CT molecular complexity index is 942. The van der Waals surface area contributed by atoms with Gasteiger partial charge in [-0.05, 0) is 24.1 Å². The number of urea groups is 1. The molecular formula is C18H13N3O4S2. The molecule has 27 heavy (non-hydrogen) atoms. The van der Waals surface area contributed by atoms with Gasteiger partial charge in [-0.15, -0.1) is 0 Å². The molecule has 2 saturated heterocycles. The maximum atomic E-state index is 12.6. The van der Waals surface area contributed by atoms with E-state index in [-0.39, 0.29) is 9.89 Å². The minimum Gasteiger partial charge on any atom is -0.273 e. The zero-order valence-electron chi connectivity index (χ0n) is 14.0. The van der Waals surface area contributed by atoms with E-state index in [0.717, 1.165) is 34.0 Å². The molecule has 1 aromatic rings.